The number of hydrogen-bond donors (Lipinski definition) is 2. The van der Waals surface area contributed by atoms with Crippen molar-refractivity contribution < 1.29 is 4.79 Å². The largest absolute Gasteiger partial charge is 0.398 e. The predicted octanol–water partition coefficient (Wildman–Crippen LogP) is 4.01. The van der Waals surface area contributed by atoms with Gasteiger partial charge in [-0.1, -0.05) is 6.07 Å². The number of carbonyl (C=O) groups excluding carboxylic acids is 1. The third kappa shape index (κ3) is 3.30. The molecular weight excluding hydrogens is 324 g/mol. The van der Waals surface area contributed by atoms with Crippen LogP contribution in [0.25, 0.3) is 0 Å². The Labute approximate surface area is 124 Å². The molecule has 0 aromatic heterocycles. The quantitative estimate of drug-likeness (QED) is 0.657. The molecule has 0 fully saturated rings. The molecule has 0 radical (unpaired) electrons. The molecule has 0 spiro atoms. The minimum absolute atomic E-state index is 0.184. The lowest BCUT2D eigenvalue weighted by atomic mass is 10.2. The van der Waals surface area contributed by atoms with E-state index in [-0.39, 0.29) is 5.91 Å². The molecule has 0 heterocycles. The summed E-state index contributed by atoms with van der Waals surface area (Å²) in [5.74, 6) is -0.184. The van der Waals surface area contributed by atoms with Crippen LogP contribution >= 0.6 is 27.7 Å². The molecule has 0 unspecified atom stereocenters. The Kier molecular flexibility index (Phi) is 4.50. The molecule has 2 aromatic rings. The fourth-order valence-corrected chi connectivity index (χ4v) is 2.45. The number of nitrogens with one attached hydrogen (secondary N) is 1. The summed E-state index contributed by atoms with van der Waals surface area (Å²) in [5, 5.41) is 2.84. The smallest absolute Gasteiger partial charge is 0.256 e. The van der Waals surface area contributed by atoms with Crippen molar-refractivity contribution in [2.75, 3.05) is 17.3 Å². The summed E-state index contributed by atoms with van der Waals surface area (Å²) < 4.78 is 0.619. The lowest BCUT2D eigenvalue weighted by Gasteiger charge is -2.08. The fraction of sp³-hybridized carbons (Fsp3) is 0.0714. The van der Waals surface area contributed by atoms with E-state index in [4.69, 9.17) is 5.73 Å². The average Bonchev–Trinajstić information content (AvgIpc) is 2.42. The first-order valence-electron chi connectivity index (χ1n) is 5.61. The van der Waals surface area contributed by atoms with Crippen molar-refractivity contribution in [2.24, 2.45) is 0 Å². The van der Waals surface area contributed by atoms with Gasteiger partial charge in [-0.15, -0.1) is 11.8 Å². The molecule has 98 valence electrons. The number of halogens is 1. The Balaban J connectivity index is 2.18. The topological polar surface area (TPSA) is 55.1 Å². The molecule has 0 bridgehead atoms. The predicted molar refractivity (Wildman–Crippen MR) is 84.7 cm³/mol. The Hall–Kier alpha value is -1.46. The van der Waals surface area contributed by atoms with Gasteiger partial charge in [-0.3, -0.25) is 4.79 Å². The second-order valence-electron chi connectivity index (χ2n) is 3.89. The van der Waals surface area contributed by atoms with Crippen LogP contribution in [0.5, 0.6) is 0 Å². The van der Waals surface area contributed by atoms with Crippen LogP contribution in [-0.4, -0.2) is 12.2 Å². The van der Waals surface area contributed by atoms with Crippen molar-refractivity contribution in [3.63, 3.8) is 0 Å². The maximum atomic E-state index is 12.1. The Bertz CT molecular complexity index is 599. The minimum atomic E-state index is -0.184. The molecule has 0 aliphatic carbocycles. The second-order valence-corrected chi connectivity index (χ2v) is 5.56. The first kappa shape index (κ1) is 14.0. The number of anilines is 2. The van der Waals surface area contributed by atoms with Gasteiger partial charge in [0.2, 0.25) is 0 Å². The van der Waals surface area contributed by atoms with Gasteiger partial charge < -0.3 is 11.1 Å². The molecule has 2 rings (SSSR count). The van der Waals surface area contributed by atoms with Gasteiger partial charge in [0.15, 0.2) is 0 Å². The van der Waals surface area contributed by atoms with E-state index in [1.807, 2.05) is 30.5 Å². The lowest BCUT2D eigenvalue weighted by molar-refractivity contribution is 0.102. The molecule has 0 aliphatic heterocycles. The van der Waals surface area contributed by atoms with Crippen LogP contribution in [0.2, 0.25) is 0 Å². The van der Waals surface area contributed by atoms with E-state index in [2.05, 4.69) is 21.2 Å². The Morgan fingerprint density at radius 2 is 1.89 bits per heavy atom. The van der Waals surface area contributed by atoms with Crippen LogP contribution in [-0.2, 0) is 0 Å². The Morgan fingerprint density at radius 1 is 1.21 bits per heavy atom. The summed E-state index contributed by atoms with van der Waals surface area (Å²) in [6, 6.07) is 12.9. The van der Waals surface area contributed by atoms with E-state index in [9.17, 15) is 4.79 Å². The van der Waals surface area contributed by atoms with Crippen molar-refractivity contribution in [1.29, 1.82) is 0 Å². The average molecular weight is 337 g/mol. The van der Waals surface area contributed by atoms with Crippen LogP contribution in [0.15, 0.2) is 51.8 Å². The molecule has 0 saturated carbocycles. The molecule has 1 amide bonds. The number of carbonyl (C=O) groups is 1. The molecule has 3 N–H and O–H groups in total. The van der Waals surface area contributed by atoms with E-state index in [1.54, 1.807) is 30.0 Å². The number of benzene rings is 2. The zero-order valence-electron chi connectivity index (χ0n) is 10.3. The van der Waals surface area contributed by atoms with Gasteiger partial charge in [0.1, 0.15) is 0 Å². The first-order valence-corrected chi connectivity index (χ1v) is 7.63. The minimum Gasteiger partial charge on any atom is -0.398 e. The monoisotopic (exact) mass is 336 g/mol. The number of thioether (sulfide) groups is 1. The van der Waals surface area contributed by atoms with Crippen molar-refractivity contribution in [3.8, 4) is 0 Å². The zero-order valence-corrected chi connectivity index (χ0v) is 12.7. The summed E-state index contributed by atoms with van der Waals surface area (Å²) in [7, 11) is 0. The summed E-state index contributed by atoms with van der Waals surface area (Å²) >= 11 is 4.99. The molecule has 0 atom stereocenters. The summed E-state index contributed by atoms with van der Waals surface area (Å²) in [4.78, 5) is 13.3. The van der Waals surface area contributed by atoms with E-state index >= 15 is 0 Å². The van der Waals surface area contributed by atoms with Crippen LogP contribution < -0.4 is 11.1 Å². The highest BCUT2D eigenvalue weighted by molar-refractivity contribution is 9.10. The van der Waals surface area contributed by atoms with Crippen molar-refractivity contribution in [3.05, 3.63) is 52.5 Å². The number of amides is 1. The standard InChI is InChI=1S/C14H13BrN2OS/c1-19-10-7-5-9(6-8-10)17-14(18)11-3-2-4-12(16)13(11)15/h2-8H,16H2,1H3,(H,17,18). The maximum absolute atomic E-state index is 12.1. The van der Waals surface area contributed by atoms with E-state index in [0.29, 0.717) is 15.7 Å². The van der Waals surface area contributed by atoms with Crippen LogP contribution in [0.3, 0.4) is 0 Å². The van der Waals surface area contributed by atoms with E-state index in [0.717, 1.165) is 10.6 Å². The number of rotatable bonds is 3. The first-order chi connectivity index (χ1) is 9.11. The third-order valence-corrected chi connectivity index (χ3v) is 4.25. The zero-order chi connectivity index (χ0) is 13.8. The summed E-state index contributed by atoms with van der Waals surface area (Å²) in [6.45, 7) is 0. The van der Waals surface area contributed by atoms with Crippen molar-refractivity contribution in [2.45, 2.75) is 4.90 Å². The molecule has 3 nitrogen and oxygen atoms in total. The van der Waals surface area contributed by atoms with Gasteiger partial charge >= 0.3 is 0 Å². The number of hydrogen-bond acceptors (Lipinski definition) is 3. The van der Waals surface area contributed by atoms with Crippen LogP contribution in [0.1, 0.15) is 10.4 Å². The lowest BCUT2D eigenvalue weighted by Crippen LogP contribution is -2.13. The van der Waals surface area contributed by atoms with Gasteiger partial charge in [-0.25, -0.2) is 0 Å². The highest BCUT2D eigenvalue weighted by Gasteiger charge is 2.11. The normalized spacial score (nSPS) is 10.2. The SMILES string of the molecule is CSc1ccc(NC(=O)c2cccc(N)c2Br)cc1. The second kappa shape index (κ2) is 6.12. The molecule has 19 heavy (non-hydrogen) atoms. The van der Waals surface area contributed by atoms with Gasteiger partial charge in [0, 0.05) is 16.3 Å². The van der Waals surface area contributed by atoms with E-state index in [1.165, 1.54) is 0 Å². The molecule has 0 saturated heterocycles. The third-order valence-electron chi connectivity index (χ3n) is 2.62. The van der Waals surface area contributed by atoms with E-state index < -0.39 is 0 Å². The van der Waals surface area contributed by atoms with Gasteiger partial charge in [-0.2, -0.15) is 0 Å². The summed E-state index contributed by atoms with van der Waals surface area (Å²) in [5.41, 5.74) is 7.59. The van der Waals surface area contributed by atoms with Crippen LogP contribution in [0.4, 0.5) is 11.4 Å². The van der Waals surface area contributed by atoms with Gasteiger partial charge in [0.05, 0.1) is 10.0 Å². The van der Waals surface area contributed by atoms with Crippen molar-refractivity contribution >= 4 is 45.0 Å². The molecule has 0 aliphatic rings. The number of nitrogens with two attached hydrogens (primary N) is 1. The molecule has 2 aromatic carbocycles. The highest BCUT2D eigenvalue weighted by Crippen LogP contribution is 2.25. The molecule has 5 heteroatoms. The fourth-order valence-electron chi connectivity index (χ4n) is 1.60. The molecular formula is C14H13BrN2OS. The van der Waals surface area contributed by atoms with Gasteiger partial charge in [0.25, 0.3) is 5.91 Å². The number of nitrogen functional groups attached to an aromatic ring is 1. The maximum Gasteiger partial charge on any atom is 0.256 e. The highest BCUT2D eigenvalue weighted by atomic mass is 79.9. The summed E-state index contributed by atoms with van der Waals surface area (Å²) in [6.07, 6.45) is 2.01. The Morgan fingerprint density at radius 3 is 2.53 bits per heavy atom. The van der Waals surface area contributed by atoms with Crippen molar-refractivity contribution in [1.82, 2.24) is 0 Å². The van der Waals surface area contributed by atoms with Crippen LogP contribution in [0, 0.1) is 0 Å². The van der Waals surface area contributed by atoms with Gasteiger partial charge in [-0.05, 0) is 58.6 Å².